The van der Waals surface area contributed by atoms with E-state index in [2.05, 4.69) is 82.2 Å². The van der Waals surface area contributed by atoms with E-state index in [1.165, 1.54) is 34.2 Å². The first-order valence-electron chi connectivity index (χ1n) is 9.56. The van der Waals surface area contributed by atoms with Gasteiger partial charge in [0.1, 0.15) is 0 Å². The Labute approximate surface area is 184 Å². The van der Waals surface area contributed by atoms with Crippen LogP contribution in [0.1, 0.15) is 16.8 Å². The van der Waals surface area contributed by atoms with E-state index < -0.39 is 0 Å². The molecule has 0 bridgehead atoms. The van der Waals surface area contributed by atoms with Gasteiger partial charge in [0, 0.05) is 16.6 Å². The minimum Gasteiger partial charge on any atom is -0.301 e. The average Bonchev–Trinajstić information content (AvgIpc) is 3.34. The first kappa shape index (κ1) is 20.4. The zero-order valence-electron chi connectivity index (χ0n) is 17.0. The lowest BCUT2D eigenvalue weighted by Crippen LogP contribution is -2.14. The molecule has 0 aliphatic carbocycles. The Bertz CT molecular complexity index is 1160. The molecule has 0 unspecified atom stereocenters. The number of nitrogens with one attached hydrogen (secondary N) is 1. The van der Waals surface area contributed by atoms with Crippen LogP contribution in [0, 0.1) is 20.8 Å². The highest BCUT2D eigenvalue weighted by Crippen LogP contribution is 2.30. The molecule has 5 nitrogen and oxygen atoms in total. The van der Waals surface area contributed by atoms with Crippen LogP contribution in [-0.4, -0.2) is 26.2 Å². The molecular formula is C23H22N4OS2. The summed E-state index contributed by atoms with van der Waals surface area (Å²) in [5, 5.41) is 6.18. The number of imidazole rings is 1. The fraction of sp³-hybridized carbons (Fsp3) is 0.174. The van der Waals surface area contributed by atoms with Gasteiger partial charge in [0.25, 0.3) is 0 Å². The van der Waals surface area contributed by atoms with Gasteiger partial charge < -0.3 is 5.32 Å². The summed E-state index contributed by atoms with van der Waals surface area (Å²) >= 11 is 2.85. The van der Waals surface area contributed by atoms with Gasteiger partial charge >= 0.3 is 0 Å². The first-order chi connectivity index (χ1) is 14.5. The van der Waals surface area contributed by atoms with Gasteiger partial charge in [0.05, 0.1) is 23.3 Å². The van der Waals surface area contributed by atoms with E-state index in [0.717, 1.165) is 27.8 Å². The van der Waals surface area contributed by atoms with Crippen LogP contribution in [0.5, 0.6) is 0 Å². The zero-order chi connectivity index (χ0) is 21.1. The number of aryl methyl sites for hydroxylation is 3. The van der Waals surface area contributed by atoms with Crippen molar-refractivity contribution in [1.82, 2.24) is 14.5 Å². The summed E-state index contributed by atoms with van der Waals surface area (Å²) in [7, 11) is 0. The molecule has 152 valence electrons. The molecule has 0 atom stereocenters. The number of carbonyl (C=O) groups is 1. The van der Waals surface area contributed by atoms with Crippen LogP contribution in [-0.2, 0) is 4.79 Å². The molecule has 0 aliphatic heterocycles. The predicted octanol–water partition coefficient (Wildman–Crippen LogP) is 5.65. The summed E-state index contributed by atoms with van der Waals surface area (Å²) in [6.45, 7) is 6.05. The van der Waals surface area contributed by atoms with Gasteiger partial charge in [-0.15, -0.1) is 11.3 Å². The lowest BCUT2D eigenvalue weighted by molar-refractivity contribution is -0.113. The number of thiazole rings is 1. The Morgan fingerprint density at radius 2 is 1.70 bits per heavy atom. The number of thioether (sulfide) groups is 1. The molecule has 1 amide bonds. The van der Waals surface area contributed by atoms with E-state index in [-0.39, 0.29) is 11.7 Å². The summed E-state index contributed by atoms with van der Waals surface area (Å²) in [6.07, 6.45) is 1.87. The van der Waals surface area contributed by atoms with Crippen LogP contribution in [0.25, 0.3) is 16.9 Å². The number of amides is 1. The molecule has 2 aromatic heterocycles. The predicted molar refractivity (Wildman–Crippen MR) is 125 cm³/mol. The number of aromatic nitrogens is 3. The molecule has 7 heteroatoms. The van der Waals surface area contributed by atoms with Crippen molar-refractivity contribution in [3.63, 3.8) is 0 Å². The average molecular weight is 435 g/mol. The number of anilines is 1. The third-order valence-electron chi connectivity index (χ3n) is 4.57. The topological polar surface area (TPSA) is 59.8 Å². The minimum absolute atomic E-state index is 0.0929. The summed E-state index contributed by atoms with van der Waals surface area (Å²) < 4.78 is 2.11. The van der Waals surface area contributed by atoms with Crippen LogP contribution in [0.15, 0.2) is 65.3 Å². The molecule has 1 N–H and O–H groups in total. The van der Waals surface area contributed by atoms with Crippen molar-refractivity contribution >= 4 is 34.1 Å². The molecule has 0 spiro atoms. The lowest BCUT2D eigenvalue weighted by atomic mass is 10.1. The van der Waals surface area contributed by atoms with Gasteiger partial charge in [-0.3, -0.25) is 9.36 Å². The maximum Gasteiger partial charge on any atom is 0.236 e. The van der Waals surface area contributed by atoms with Crippen LogP contribution in [0.2, 0.25) is 0 Å². The highest BCUT2D eigenvalue weighted by atomic mass is 32.2. The zero-order valence-corrected chi connectivity index (χ0v) is 18.7. The molecular weight excluding hydrogens is 412 g/mol. The monoisotopic (exact) mass is 434 g/mol. The first-order valence-corrected chi connectivity index (χ1v) is 11.4. The quantitative estimate of drug-likeness (QED) is 0.398. The van der Waals surface area contributed by atoms with E-state index in [1.807, 2.05) is 18.5 Å². The Morgan fingerprint density at radius 1 is 1.03 bits per heavy atom. The van der Waals surface area contributed by atoms with Crippen molar-refractivity contribution in [1.29, 1.82) is 0 Å². The molecule has 2 aromatic carbocycles. The number of hydrogen-bond donors (Lipinski definition) is 1. The molecule has 0 saturated heterocycles. The molecule has 0 aliphatic rings. The van der Waals surface area contributed by atoms with Crippen molar-refractivity contribution in [2.24, 2.45) is 0 Å². The number of rotatable bonds is 6. The van der Waals surface area contributed by atoms with Crippen molar-refractivity contribution in [3.05, 3.63) is 76.9 Å². The van der Waals surface area contributed by atoms with Crippen LogP contribution >= 0.6 is 23.1 Å². The molecule has 2 heterocycles. The van der Waals surface area contributed by atoms with Gasteiger partial charge in [-0.05, 0) is 32.9 Å². The Balaban J connectivity index is 1.61. The van der Waals surface area contributed by atoms with E-state index in [9.17, 15) is 4.79 Å². The summed E-state index contributed by atoms with van der Waals surface area (Å²) in [6, 6.07) is 16.7. The van der Waals surface area contributed by atoms with Crippen molar-refractivity contribution < 1.29 is 4.79 Å². The van der Waals surface area contributed by atoms with Crippen molar-refractivity contribution in [2.45, 2.75) is 25.9 Å². The second kappa shape index (κ2) is 8.85. The van der Waals surface area contributed by atoms with Gasteiger partial charge in [-0.1, -0.05) is 59.3 Å². The largest absolute Gasteiger partial charge is 0.301 e. The van der Waals surface area contributed by atoms with Crippen LogP contribution in [0.3, 0.4) is 0 Å². The molecule has 4 aromatic rings. The van der Waals surface area contributed by atoms with Crippen LogP contribution in [0.4, 0.5) is 5.13 Å². The Kier molecular flexibility index (Phi) is 6.01. The van der Waals surface area contributed by atoms with E-state index in [0.29, 0.717) is 5.13 Å². The normalized spacial score (nSPS) is 10.9. The summed E-state index contributed by atoms with van der Waals surface area (Å²) in [5.74, 6) is 0.166. The van der Waals surface area contributed by atoms with Gasteiger partial charge in [-0.2, -0.15) is 0 Å². The second-order valence-corrected chi connectivity index (χ2v) is 8.89. The van der Waals surface area contributed by atoms with Crippen LogP contribution < -0.4 is 5.32 Å². The van der Waals surface area contributed by atoms with E-state index in [4.69, 9.17) is 0 Å². The van der Waals surface area contributed by atoms with Crippen molar-refractivity contribution in [2.75, 3.05) is 11.1 Å². The smallest absolute Gasteiger partial charge is 0.236 e. The molecule has 30 heavy (non-hydrogen) atoms. The molecule has 0 radical (unpaired) electrons. The lowest BCUT2D eigenvalue weighted by Gasteiger charge is -2.12. The maximum absolute atomic E-state index is 12.4. The standard InChI is InChI=1S/C23H22N4OS2/c1-15-4-8-18(9-5-15)20-12-24-23(27(20)19-10-6-16(2)7-11-19)30-14-21(28)26-22-25-17(3)13-29-22/h4-13H,14H2,1-3H3,(H,25,26,28). The Hall–Kier alpha value is -2.90. The minimum atomic E-state index is -0.0929. The molecule has 4 rings (SSSR count). The maximum atomic E-state index is 12.4. The molecule has 0 saturated carbocycles. The fourth-order valence-corrected chi connectivity index (χ4v) is 4.50. The number of benzene rings is 2. The Morgan fingerprint density at radius 3 is 2.33 bits per heavy atom. The highest BCUT2D eigenvalue weighted by molar-refractivity contribution is 7.99. The van der Waals surface area contributed by atoms with E-state index >= 15 is 0 Å². The van der Waals surface area contributed by atoms with Crippen molar-refractivity contribution in [3.8, 4) is 16.9 Å². The summed E-state index contributed by atoms with van der Waals surface area (Å²) in [4.78, 5) is 21.3. The van der Waals surface area contributed by atoms with Gasteiger partial charge in [-0.25, -0.2) is 9.97 Å². The third-order valence-corrected chi connectivity index (χ3v) is 6.39. The fourth-order valence-electron chi connectivity index (χ4n) is 3.00. The third kappa shape index (κ3) is 4.63. The highest BCUT2D eigenvalue weighted by Gasteiger charge is 2.16. The number of hydrogen-bond acceptors (Lipinski definition) is 5. The van der Waals surface area contributed by atoms with E-state index in [1.54, 1.807) is 0 Å². The number of carbonyl (C=O) groups excluding carboxylic acids is 1. The van der Waals surface area contributed by atoms with Gasteiger partial charge in [0.2, 0.25) is 5.91 Å². The van der Waals surface area contributed by atoms with Gasteiger partial charge in [0.15, 0.2) is 10.3 Å². The summed E-state index contributed by atoms with van der Waals surface area (Å²) in [5.41, 5.74) is 6.42. The number of nitrogens with zero attached hydrogens (tertiary/aromatic N) is 3. The molecule has 0 fully saturated rings. The second-order valence-electron chi connectivity index (χ2n) is 7.09. The SMILES string of the molecule is Cc1ccc(-c2cnc(SCC(=O)Nc3nc(C)cs3)n2-c2ccc(C)cc2)cc1.